The molecule has 1 aromatic carbocycles. The zero-order valence-electron chi connectivity index (χ0n) is 18.3. The topological polar surface area (TPSA) is 79.6 Å². The van der Waals surface area contributed by atoms with Gasteiger partial charge in [-0.3, -0.25) is 14.0 Å². The van der Waals surface area contributed by atoms with Crippen molar-refractivity contribution in [1.82, 2.24) is 24.6 Å². The highest BCUT2D eigenvalue weighted by atomic mass is 79.9. The van der Waals surface area contributed by atoms with Crippen LogP contribution in [0.4, 0.5) is 4.39 Å². The van der Waals surface area contributed by atoms with Crippen molar-refractivity contribution < 1.29 is 14.0 Å². The van der Waals surface area contributed by atoms with Gasteiger partial charge in [-0.05, 0) is 59.8 Å². The lowest BCUT2D eigenvalue weighted by Gasteiger charge is -2.35. The molecular formula is C23H21BrFN5O2S2. The van der Waals surface area contributed by atoms with Crippen molar-refractivity contribution in [2.75, 3.05) is 13.1 Å². The van der Waals surface area contributed by atoms with Crippen LogP contribution in [0, 0.1) is 12.7 Å². The Morgan fingerprint density at radius 1 is 1.29 bits per heavy atom. The van der Waals surface area contributed by atoms with E-state index in [1.54, 1.807) is 21.4 Å². The number of nitrogens with one attached hydrogen (secondary N) is 1. The zero-order chi connectivity index (χ0) is 23.8. The van der Waals surface area contributed by atoms with Gasteiger partial charge in [-0.25, -0.2) is 14.4 Å². The second-order valence-electron chi connectivity index (χ2n) is 8.11. The lowest BCUT2D eigenvalue weighted by molar-refractivity contribution is 0.0597. The molecule has 1 aliphatic rings. The SMILES string of the molecule is Cc1nc2sccn2c1C(=O)NC[C@@H]1CCCCN1C(=O)c1nc(Br)sc1-c1cccc(F)c1. The number of fused-ring (bicyclic) bond motifs is 1. The van der Waals surface area contributed by atoms with Gasteiger partial charge in [-0.1, -0.05) is 12.1 Å². The Labute approximate surface area is 211 Å². The van der Waals surface area contributed by atoms with Gasteiger partial charge in [0.2, 0.25) is 0 Å². The fourth-order valence-corrected chi connectivity index (χ4v) is 6.54. The summed E-state index contributed by atoms with van der Waals surface area (Å²) in [6, 6.07) is 6.01. The molecule has 4 aromatic rings. The van der Waals surface area contributed by atoms with Crippen LogP contribution in [0.5, 0.6) is 0 Å². The average molecular weight is 562 g/mol. The molecule has 1 saturated heterocycles. The Balaban J connectivity index is 1.36. The molecule has 3 aromatic heterocycles. The number of carbonyl (C=O) groups excluding carboxylic acids is 2. The maximum Gasteiger partial charge on any atom is 0.274 e. The van der Waals surface area contributed by atoms with E-state index in [2.05, 4.69) is 31.2 Å². The van der Waals surface area contributed by atoms with Crippen LogP contribution in [0.15, 0.2) is 39.8 Å². The van der Waals surface area contributed by atoms with E-state index in [1.807, 2.05) is 18.5 Å². The molecule has 1 fully saturated rings. The zero-order valence-corrected chi connectivity index (χ0v) is 21.5. The smallest absolute Gasteiger partial charge is 0.274 e. The van der Waals surface area contributed by atoms with Crippen molar-refractivity contribution in [2.24, 2.45) is 0 Å². The highest BCUT2D eigenvalue weighted by Gasteiger charge is 2.32. The van der Waals surface area contributed by atoms with Gasteiger partial charge in [0.25, 0.3) is 11.8 Å². The number of aromatic nitrogens is 3. The molecule has 0 aliphatic carbocycles. The normalized spacial score (nSPS) is 16.2. The van der Waals surface area contributed by atoms with Crippen molar-refractivity contribution >= 4 is 55.4 Å². The summed E-state index contributed by atoms with van der Waals surface area (Å²) < 4.78 is 16.2. The highest BCUT2D eigenvalue weighted by molar-refractivity contribution is 9.11. The molecule has 0 bridgehead atoms. The van der Waals surface area contributed by atoms with Crippen molar-refractivity contribution in [1.29, 1.82) is 0 Å². The molecule has 1 N–H and O–H groups in total. The Hall–Kier alpha value is -2.63. The van der Waals surface area contributed by atoms with Gasteiger partial charge >= 0.3 is 0 Å². The van der Waals surface area contributed by atoms with E-state index in [-0.39, 0.29) is 23.7 Å². The van der Waals surface area contributed by atoms with Crippen LogP contribution in [0.1, 0.15) is 45.9 Å². The number of hydrogen-bond acceptors (Lipinski definition) is 6. The fourth-order valence-electron chi connectivity index (χ4n) is 4.34. The van der Waals surface area contributed by atoms with Gasteiger partial charge in [-0.15, -0.1) is 22.7 Å². The second kappa shape index (κ2) is 9.55. The van der Waals surface area contributed by atoms with Crippen molar-refractivity contribution in [2.45, 2.75) is 32.2 Å². The summed E-state index contributed by atoms with van der Waals surface area (Å²) in [6.45, 7) is 2.73. The number of hydrogen-bond donors (Lipinski definition) is 1. The predicted octanol–water partition coefficient (Wildman–Crippen LogP) is 5.15. The monoisotopic (exact) mass is 561 g/mol. The second-order valence-corrected chi connectivity index (χ2v) is 11.3. The van der Waals surface area contributed by atoms with E-state index in [4.69, 9.17) is 0 Å². The largest absolute Gasteiger partial charge is 0.349 e. The minimum absolute atomic E-state index is 0.155. The lowest BCUT2D eigenvalue weighted by Crippen LogP contribution is -2.49. The predicted molar refractivity (Wildman–Crippen MR) is 134 cm³/mol. The van der Waals surface area contributed by atoms with Gasteiger partial charge in [-0.2, -0.15) is 0 Å². The van der Waals surface area contributed by atoms with Crippen molar-refractivity contribution in [3.05, 3.63) is 62.7 Å². The van der Waals surface area contributed by atoms with E-state index in [1.165, 1.54) is 34.8 Å². The standard InChI is InChI=1S/C23H21BrFN5O2S2/c1-13-18(30-9-10-33-23(30)27-13)20(31)26-12-16-7-2-3-8-29(16)21(32)17-19(34-22(24)28-17)14-5-4-6-15(25)11-14/h4-6,9-11,16H,2-3,7-8,12H2,1H3,(H,26,31)/t16-/m0/s1. The number of halogens is 2. The summed E-state index contributed by atoms with van der Waals surface area (Å²) in [4.78, 5) is 38.6. The molecule has 176 valence electrons. The van der Waals surface area contributed by atoms with Gasteiger partial charge in [0.15, 0.2) is 8.88 Å². The van der Waals surface area contributed by atoms with Crippen molar-refractivity contribution in [3.8, 4) is 10.4 Å². The van der Waals surface area contributed by atoms with Crippen LogP contribution < -0.4 is 5.32 Å². The van der Waals surface area contributed by atoms with Gasteiger partial charge < -0.3 is 10.2 Å². The molecule has 7 nitrogen and oxygen atoms in total. The van der Waals surface area contributed by atoms with Crippen LogP contribution >= 0.6 is 38.6 Å². The maximum atomic E-state index is 13.8. The molecule has 2 amide bonds. The van der Waals surface area contributed by atoms with Crippen LogP contribution in [-0.4, -0.2) is 50.2 Å². The van der Waals surface area contributed by atoms with E-state index in [9.17, 15) is 14.0 Å². The number of carbonyl (C=O) groups is 2. The Bertz CT molecular complexity index is 1380. The number of aryl methyl sites for hydroxylation is 1. The Morgan fingerprint density at radius 3 is 2.97 bits per heavy atom. The molecule has 34 heavy (non-hydrogen) atoms. The number of piperidine rings is 1. The highest BCUT2D eigenvalue weighted by Crippen LogP contribution is 2.35. The summed E-state index contributed by atoms with van der Waals surface area (Å²) in [6.07, 6.45) is 4.47. The number of amides is 2. The lowest BCUT2D eigenvalue weighted by atomic mass is 10.0. The Morgan fingerprint density at radius 2 is 2.15 bits per heavy atom. The summed E-state index contributed by atoms with van der Waals surface area (Å²) in [5, 5.41) is 4.90. The molecule has 1 aliphatic heterocycles. The number of thiazole rings is 2. The molecular weight excluding hydrogens is 541 g/mol. The number of nitrogens with zero attached hydrogens (tertiary/aromatic N) is 4. The molecule has 0 saturated carbocycles. The molecule has 11 heteroatoms. The number of benzene rings is 1. The van der Waals surface area contributed by atoms with Crippen LogP contribution in [-0.2, 0) is 0 Å². The average Bonchev–Trinajstić information content (AvgIpc) is 3.51. The van der Waals surface area contributed by atoms with Crippen LogP contribution in [0.3, 0.4) is 0 Å². The van der Waals surface area contributed by atoms with Gasteiger partial charge in [0.05, 0.1) is 10.6 Å². The van der Waals surface area contributed by atoms with E-state index in [0.717, 1.165) is 24.2 Å². The fraction of sp³-hybridized carbons (Fsp3) is 0.304. The molecule has 5 rings (SSSR count). The van der Waals surface area contributed by atoms with Crippen LogP contribution in [0.2, 0.25) is 0 Å². The summed E-state index contributed by atoms with van der Waals surface area (Å²) in [7, 11) is 0. The summed E-state index contributed by atoms with van der Waals surface area (Å²) in [5.74, 6) is -0.784. The quantitative estimate of drug-likeness (QED) is 0.365. The first kappa shape index (κ1) is 23.1. The van der Waals surface area contributed by atoms with E-state index < -0.39 is 0 Å². The summed E-state index contributed by atoms with van der Waals surface area (Å²) in [5.41, 5.74) is 2.10. The molecule has 0 unspecified atom stereocenters. The van der Waals surface area contributed by atoms with Gasteiger partial charge in [0.1, 0.15) is 17.2 Å². The van der Waals surface area contributed by atoms with Crippen LogP contribution in [0.25, 0.3) is 15.4 Å². The maximum absolute atomic E-state index is 13.8. The molecule has 0 radical (unpaired) electrons. The number of rotatable bonds is 5. The van der Waals surface area contributed by atoms with Gasteiger partial charge in [0, 0.05) is 30.7 Å². The first-order valence-corrected chi connectivity index (χ1v) is 13.3. The van der Waals surface area contributed by atoms with E-state index in [0.29, 0.717) is 44.5 Å². The Kier molecular flexibility index (Phi) is 6.50. The summed E-state index contributed by atoms with van der Waals surface area (Å²) >= 11 is 6.16. The third kappa shape index (κ3) is 4.39. The minimum Gasteiger partial charge on any atom is -0.349 e. The number of imidazole rings is 1. The molecule has 1 atom stereocenters. The third-order valence-electron chi connectivity index (χ3n) is 5.93. The molecule has 4 heterocycles. The first-order chi connectivity index (χ1) is 16.4. The third-order valence-corrected chi connectivity index (χ3v) is 8.24. The van der Waals surface area contributed by atoms with E-state index >= 15 is 0 Å². The van der Waals surface area contributed by atoms with Crippen molar-refractivity contribution in [3.63, 3.8) is 0 Å². The number of likely N-dealkylation sites (tertiary alicyclic amines) is 1. The molecule has 0 spiro atoms. The minimum atomic E-state index is -0.367. The first-order valence-electron chi connectivity index (χ1n) is 10.9.